The fourth-order valence-corrected chi connectivity index (χ4v) is 2.85. The van der Waals surface area contributed by atoms with Gasteiger partial charge in [-0.2, -0.15) is 0 Å². The third-order valence-corrected chi connectivity index (χ3v) is 4.05. The molecule has 0 aromatic carbocycles. The zero-order valence-electron chi connectivity index (χ0n) is 8.91. The Morgan fingerprint density at radius 2 is 1.86 bits per heavy atom. The van der Waals surface area contributed by atoms with Gasteiger partial charge in [0.25, 0.3) is 0 Å². The summed E-state index contributed by atoms with van der Waals surface area (Å²) in [5.74, 6) is 0.801. The summed E-state index contributed by atoms with van der Waals surface area (Å²) in [5.41, 5.74) is 5.99. The summed E-state index contributed by atoms with van der Waals surface area (Å²) in [6, 6.07) is 0.0880. The molecule has 3 nitrogen and oxygen atoms in total. The highest BCUT2D eigenvalue weighted by Gasteiger charge is 2.21. The predicted molar refractivity (Wildman–Crippen MR) is 58.9 cm³/mol. The highest BCUT2D eigenvalue weighted by atomic mass is 32.2. The van der Waals surface area contributed by atoms with Crippen LogP contribution in [0.5, 0.6) is 0 Å². The molecule has 0 aromatic heterocycles. The third kappa shape index (κ3) is 4.42. The monoisotopic (exact) mass is 219 g/mol. The van der Waals surface area contributed by atoms with Gasteiger partial charge in [0.05, 0.1) is 5.75 Å². The topological polar surface area (TPSA) is 60.2 Å². The van der Waals surface area contributed by atoms with Gasteiger partial charge in [0.2, 0.25) is 0 Å². The Morgan fingerprint density at radius 3 is 2.36 bits per heavy atom. The summed E-state index contributed by atoms with van der Waals surface area (Å²) in [4.78, 5) is 0. The second-order valence-electron chi connectivity index (χ2n) is 4.48. The van der Waals surface area contributed by atoms with E-state index >= 15 is 0 Å². The molecule has 14 heavy (non-hydrogen) atoms. The van der Waals surface area contributed by atoms with Gasteiger partial charge < -0.3 is 5.73 Å². The smallest absolute Gasteiger partial charge is 0.147 e. The Hall–Kier alpha value is -0.0900. The molecule has 0 heterocycles. The van der Waals surface area contributed by atoms with Crippen LogP contribution in [0.1, 0.15) is 38.5 Å². The fraction of sp³-hybridized carbons (Fsp3) is 1.00. The van der Waals surface area contributed by atoms with Gasteiger partial charge in [-0.05, 0) is 25.2 Å². The molecule has 1 unspecified atom stereocenters. The molecule has 0 radical (unpaired) electrons. The Balaban J connectivity index is 2.30. The highest BCUT2D eigenvalue weighted by molar-refractivity contribution is 7.90. The van der Waals surface area contributed by atoms with Crippen LogP contribution in [0.4, 0.5) is 0 Å². The van der Waals surface area contributed by atoms with Crippen molar-refractivity contribution in [2.45, 2.75) is 44.6 Å². The first kappa shape index (κ1) is 12.0. The van der Waals surface area contributed by atoms with Crippen LogP contribution in [0.3, 0.4) is 0 Å². The van der Waals surface area contributed by atoms with Crippen molar-refractivity contribution in [2.75, 3.05) is 12.0 Å². The fourth-order valence-electron chi connectivity index (χ4n) is 2.15. The van der Waals surface area contributed by atoms with Crippen molar-refractivity contribution in [2.24, 2.45) is 11.7 Å². The molecular weight excluding hydrogens is 198 g/mol. The Kier molecular flexibility index (Phi) is 4.38. The molecule has 1 aliphatic carbocycles. The SMILES string of the molecule is CS(=O)(=O)CCC(N)C1CCCCC1. The van der Waals surface area contributed by atoms with Gasteiger partial charge in [0, 0.05) is 12.3 Å². The molecule has 84 valence electrons. The molecule has 0 saturated heterocycles. The number of rotatable bonds is 4. The predicted octanol–water partition coefficient (Wildman–Crippen LogP) is 1.33. The summed E-state index contributed by atoms with van der Waals surface area (Å²) >= 11 is 0. The van der Waals surface area contributed by atoms with Gasteiger partial charge >= 0.3 is 0 Å². The molecule has 0 amide bonds. The van der Waals surface area contributed by atoms with E-state index in [0.717, 1.165) is 0 Å². The molecule has 0 aromatic rings. The minimum absolute atomic E-state index is 0.0880. The van der Waals surface area contributed by atoms with Gasteiger partial charge in [0.1, 0.15) is 9.84 Å². The summed E-state index contributed by atoms with van der Waals surface area (Å²) in [5, 5.41) is 0. The second-order valence-corrected chi connectivity index (χ2v) is 6.74. The van der Waals surface area contributed by atoms with Crippen LogP contribution >= 0.6 is 0 Å². The maximum absolute atomic E-state index is 11.0. The minimum atomic E-state index is -2.84. The standard InChI is InChI=1S/C10H21NO2S/c1-14(12,13)8-7-10(11)9-5-3-2-4-6-9/h9-10H,2-8,11H2,1H3. The van der Waals surface area contributed by atoms with Gasteiger partial charge in [0.15, 0.2) is 0 Å². The molecule has 1 rings (SSSR count). The third-order valence-electron chi connectivity index (χ3n) is 3.08. The van der Waals surface area contributed by atoms with Gasteiger partial charge in [-0.15, -0.1) is 0 Å². The van der Waals surface area contributed by atoms with Gasteiger partial charge in [-0.25, -0.2) is 8.42 Å². The first-order chi connectivity index (χ1) is 6.49. The summed E-state index contributed by atoms with van der Waals surface area (Å²) in [6.45, 7) is 0. The number of nitrogens with two attached hydrogens (primary N) is 1. The van der Waals surface area contributed by atoms with E-state index in [0.29, 0.717) is 12.3 Å². The van der Waals surface area contributed by atoms with Crippen molar-refractivity contribution in [3.05, 3.63) is 0 Å². The normalized spacial score (nSPS) is 22.1. The average molecular weight is 219 g/mol. The summed E-state index contributed by atoms with van der Waals surface area (Å²) < 4.78 is 21.9. The first-order valence-electron chi connectivity index (χ1n) is 5.42. The molecule has 4 heteroatoms. The van der Waals surface area contributed by atoms with E-state index in [4.69, 9.17) is 5.73 Å². The van der Waals surface area contributed by atoms with E-state index in [9.17, 15) is 8.42 Å². The Bertz CT molecular complexity index is 255. The number of hydrogen-bond acceptors (Lipinski definition) is 3. The average Bonchev–Trinajstić information content (AvgIpc) is 2.14. The van der Waals surface area contributed by atoms with Gasteiger partial charge in [-0.3, -0.25) is 0 Å². The van der Waals surface area contributed by atoms with Crippen molar-refractivity contribution in [1.82, 2.24) is 0 Å². The number of sulfone groups is 1. The first-order valence-corrected chi connectivity index (χ1v) is 7.48. The molecule has 1 saturated carbocycles. The van der Waals surface area contributed by atoms with Crippen LogP contribution in [-0.4, -0.2) is 26.5 Å². The van der Waals surface area contributed by atoms with Crippen molar-refractivity contribution in [3.8, 4) is 0 Å². The lowest BCUT2D eigenvalue weighted by Gasteiger charge is -2.27. The van der Waals surface area contributed by atoms with Crippen molar-refractivity contribution >= 4 is 9.84 Å². The van der Waals surface area contributed by atoms with Crippen LogP contribution in [0, 0.1) is 5.92 Å². The molecule has 0 spiro atoms. The Morgan fingerprint density at radius 1 is 1.29 bits per heavy atom. The zero-order valence-corrected chi connectivity index (χ0v) is 9.72. The maximum Gasteiger partial charge on any atom is 0.147 e. The lowest BCUT2D eigenvalue weighted by Crippen LogP contribution is -2.33. The molecule has 0 bridgehead atoms. The lowest BCUT2D eigenvalue weighted by atomic mass is 9.83. The van der Waals surface area contributed by atoms with E-state index < -0.39 is 9.84 Å². The van der Waals surface area contributed by atoms with Gasteiger partial charge in [-0.1, -0.05) is 19.3 Å². The van der Waals surface area contributed by atoms with Crippen LogP contribution in [0.2, 0.25) is 0 Å². The molecule has 1 fully saturated rings. The zero-order chi connectivity index (χ0) is 10.6. The molecule has 1 aliphatic rings. The van der Waals surface area contributed by atoms with E-state index in [1.165, 1.54) is 38.4 Å². The van der Waals surface area contributed by atoms with E-state index in [1.54, 1.807) is 0 Å². The number of hydrogen-bond donors (Lipinski definition) is 1. The lowest BCUT2D eigenvalue weighted by molar-refractivity contribution is 0.300. The summed E-state index contributed by atoms with van der Waals surface area (Å²) in [7, 11) is -2.84. The van der Waals surface area contributed by atoms with Crippen LogP contribution < -0.4 is 5.73 Å². The highest BCUT2D eigenvalue weighted by Crippen LogP contribution is 2.26. The maximum atomic E-state index is 11.0. The largest absolute Gasteiger partial charge is 0.327 e. The van der Waals surface area contributed by atoms with Crippen molar-refractivity contribution in [1.29, 1.82) is 0 Å². The quantitative estimate of drug-likeness (QED) is 0.776. The Labute approximate surface area is 87.0 Å². The minimum Gasteiger partial charge on any atom is -0.327 e. The molecule has 2 N–H and O–H groups in total. The van der Waals surface area contributed by atoms with Crippen molar-refractivity contribution < 1.29 is 8.42 Å². The second kappa shape index (κ2) is 5.12. The van der Waals surface area contributed by atoms with Crippen LogP contribution in [-0.2, 0) is 9.84 Å². The van der Waals surface area contributed by atoms with Crippen molar-refractivity contribution in [3.63, 3.8) is 0 Å². The summed E-state index contributed by atoms with van der Waals surface area (Å²) in [6.07, 6.45) is 8.11. The van der Waals surface area contributed by atoms with E-state index in [1.807, 2.05) is 0 Å². The molecule has 0 aliphatic heterocycles. The van der Waals surface area contributed by atoms with E-state index in [-0.39, 0.29) is 11.8 Å². The molecular formula is C10H21NO2S. The molecule has 1 atom stereocenters. The van der Waals surface area contributed by atoms with Crippen LogP contribution in [0.15, 0.2) is 0 Å². The van der Waals surface area contributed by atoms with Crippen LogP contribution in [0.25, 0.3) is 0 Å². The van der Waals surface area contributed by atoms with E-state index in [2.05, 4.69) is 0 Å².